The zero-order valence-corrected chi connectivity index (χ0v) is 13.4. The van der Waals surface area contributed by atoms with Crippen molar-refractivity contribution < 1.29 is 40.4 Å². The zero-order chi connectivity index (χ0) is 10.6. The minimum absolute atomic E-state index is 0. The van der Waals surface area contributed by atoms with Crippen LogP contribution in [-0.2, 0) is 0 Å². The Bertz CT molecular complexity index is 260. The van der Waals surface area contributed by atoms with Gasteiger partial charge < -0.3 is 0 Å². The summed E-state index contributed by atoms with van der Waals surface area (Å²) in [6.45, 7) is 0. The van der Waals surface area contributed by atoms with Crippen molar-refractivity contribution in [3.8, 4) is 0 Å². The molecule has 0 spiro atoms. The summed E-state index contributed by atoms with van der Waals surface area (Å²) in [6, 6.07) is 0. The average molecular weight is 405 g/mol. The first kappa shape index (κ1) is 16.3. The van der Waals surface area contributed by atoms with Gasteiger partial charge in [0.1, 0.15) is 0 Å². The van der Waals surface area contributed by atoms with E-state index in [-0.39, 0.29) is 40.4 Å². The van der Waals surface area contributed by atoms with Gasteiger partial charge in [0.05, 0.1) is 0 Å². The van der Waals surface area contributed by atoms with Crippen LogP contribution in [0.15, 0.2) is 17.8 Å². The summed E-state index contributed by atoms with van der Waals surface area (Å²) in [5.74, 6) is 13.2. The SMILES string of the molecule is [Sm+3].[c-]1nnc[pH]1.[c-]1nnc[pH]1.[c-]1nnc[pH]1. The molecule has 3 unspecified atom stereocenters. The van der Waals surface area contributed by atoms with Gasteiger partial charge in [-0.1, -0.05) is 35.6 Å². The van der Waals surface area contributed by atoms with Gasteiger partial charge in [0.25, 0.3) is 0 Å². The summed E-state index contributed by atoms with van der Waals surface area (Å²) >= 11 is 0. The number of hydrogen-bond donors (Lipinski definition) is 0. The number of aromatic nitrogens is 6. The Labute approximate surface area is 130 Å². The van der Waals surface area contributed by atoms with Crippen molar-refractivity contribution >= 4 is 24.6 Å². The van der Waals surface area contributed by atoms with Crippen molar-refractivity contribution in [2.45, 2.75) is 0 Å². The summed E-state index contributed by atoms with van der Waals surface area (Å²) < 4.78 is 0. The summed E-state index contributed by atoms with van der Waals surface area (Å²) in [7, 11) is 1.80. The molecule has 0 N–H and O–H groups in total. The van der Waals surface area contributed by atoms with Crippen LogP contribution in [0.1, 0.15) is 0 Å². The van der Waals surface area contributed by atoms with Crippen LogP contribution < -0.4 is 0 Å². The molecule has 0 aromatic carbocycles. The van der Waals surface area contributed by atoms with Crippen molar-refractivity contribution in [2.75, 3.05) is 0 Å². The van der Waals surface area contributed by atoms with Crippen LogP contribution in [0.3, 0.4) is 0 Å². The molecule has 81 valence electrons. The van der Waals surface area contributed by atoms with Crippen molar-refractivity contribution in [3.63, 3.8) is 0 Å². The van der Waals surface area contributed by atoms with Gasteiger partial charge in [0.15, 0.2) is 0 Å². The van der Waals surface area contributed by atoms with Crippen LogP contribution in [-0.4, -0.2) is 30.6 Å². The van der Waals surface area contributed by atoms with E-state index in [2.05, 4.69) is 48.4 Å². The summed E-state index contributed by atoms with van der Waals surface area (Å²) in [6.07, 6.45) is 0. The van der Waals surface area contributed by atoms with Crippen LogP contribution in [0.5, 0.6) is 0 Å². The second-order valence-corrected chi connectivity index (χ2v) is 4.11. The Morgan fingerprint density at radius 1 is 0.625 bits per heavy atom. The predicted molar refractivity (Wildman–Crippen MR) is 61.1 cm³/mol. The molecule has 1 radical (unpaired) electrons. The third-order valence-corrected chi connectivity index (χ3v) is 2.30. The number of hydrogen-bond acceptors (Lipinski definition) is 6. The first-order valence-electron chi connectivity index (χ1n) is 3.66. The van der Waals surface area contributed by atoms with E-state index in [0.29, 0.717) is 24.6 Å². The first-order valence-corrected chi connectivity index (χ1v) is 6.89. The topological polar surface area (TPSA) is 77.3 Å². The second-order valence-electron chi connectivity index (χ2n) is 1.80. The van der Waals surface area contributed by atoms with Crippen molar-refractivity contribution in [1.82, 2.24) is 30.6 Å². The Kier molecular flexibility index (Phi) is 13.5. The van der Waals surface area contributed by atoms with Gasteiger partial charge in [-0.3, -0.25) is 55.2 Å². The van der Waals surface area contributed by atoms with E-state index in [0.717, 1.165) is 0 Å². The summed E-state index contributed by atoms with van der Waals surface area (Å²) in [5, 5.41) is 20.7. The van der Waals surface area contributed by atoms with Gasteiger partial charge in [-0.2, -0.15) is 0 Å². The van der Waals surface area contributed by atoms with Crippen LogP contribution in [0, 0.1) is 58.2 Å². The van der Waals surface area contributed by atoms with Gasteiger partial charge in [0, 0.05) is 0 Å². The van der Waals surface area contributed by atoms with Crippen molar-refractivity contribution in [3.05, 3.63) is 35.6 Å². The van der Waals surface area contributed by atoms with E-state index in [9.17, 15) is 0 Å². The molecule has 3 heterocycles. The molecular formula is C6H6N6P3Sm. The summed E-state index contributed by atoms with van der Waals surface area (Å²) in [5.41, 5.74) is 0. The molecule has 0 aliphatic carbocycles. The molecule has 0 amide bonds. The molecule has 16 heavy (non-hydrogen) atoms. The second kappa shape index (κ2) is 13.3. The van der Waals surface area contributed by atoms with Gasteiger partial charge in [-0.15, -0.1) is 0 Å². The number of nitrogens with zero attached hydrogens (tertiary/aromatic N) is 6. The fourth-order valence-corrected chi connectivity index (χ4v) is 1.30. The fourth-order valence-electron chi connectivity index (χ4n) is 0.433. The maximum atomic E-state index is 3.48. The Hall–Kier alpha value is 0.258. The van der Waals surface area contributed by atoms with Crippen LogP contribution >= 0.6 is 24.6 Å². The van der Waals surface area contributed by atoms with E-state index < -0.39 is 0 Å². The van der Waals surface area contributed by atoms with E-state index in [1.165, 1.54) is 0 Å². The largest absolute Gasteiger partial charge is 3.00 e. The molecule has 3 aromatic heterocycles. The third kappa shape index (κ3) is 10.8. The molecule has 0 aliphatic heterocycles. The smallest absolute Gasteiger partial charge is 0.281 e. The first-order chi connectivity index (χ1) is 7.50. The quantitative estimate of drug-likeness (QED) is 0.518. The molecule has 0 bridgehead atoms. The van der Waals surface area contributed by atoms with Crippen LogP contribution in [0.25, 0.3) is 0 Å². The normalized spacial score (nSPS) is 9.00. The number of rotatable bonds is 0. The van der Waals surface area contributed by atoms with Crippen LogP contribution in [0.4, 0.5) is 0 Å². The maximum absolute atomic E-state index is 3.48. The van der Waals surface area contributed by atoms with Crippen LogP contribution in [0.2, 0.25) is 0 Å². The van der Waals surface area contributed by atoms with Gasteiger partial charge in [-0.05, 0) is 0 Å². The van der Waals surface area contributed by atoms with E-state index in [1.807, 2.05) is 0 Å². The maximum Gasteiger partial charge on any atom is 3.00 e. The molecule has 3 rings (SSSR count). The monoisotopic (exact) mass is 407 g/mol. The molecular weight excluding hydrogens is 399 g/mol. The minimum Gasteiger partial charge on any atom is -0.281 e. The fraction of sp³-hybridized carbons (Fsp3) is 0. The Morgan fingerprint density at radius 3 is 1.00 bits per heavy atom. The Morgan fingerprint density at radius 2 is 0.938 bits per heavy atom. The molecule has 0 saturated heterocycles. The Balaban J connectivity index is 0.000000205. The zero-order valence-electron chi connectivity index (χ0n) is 7.82. The van der Waals surface area contributed by atoms with E-state index in [1.54, 1.807) is 17.8 Å². The van der Waals surface area contributed by atoms with Gasteiger partial charge >= 0.3 is 40.4 Å². The molecule has 0 aliphatic rings. The molecule has 0 fully saturated rings. The molecule has 3 atom stereocenters. The standard InChI is InChI=1S/3C2H2N2P.Sm/c3*1-3-4-2-5-1;/h3*1,5H;/q3*-1;+3. The third-order valence-electron chi connectivity index (χ3n) is 0.884. The van der Waals surface area contributed by atoms with E-state index >= 15 is 0 Å². The van der Waals surface area contributed by atoms with Gasteiger partial charge in [0.2, 0.25) is 0 Å². The van der Waals surface area contributed by atoms with Crippen molar-refractivity contribution in [2.24, 2.45) is 0 Å². The summed E-state index contributed by atoms with van der Waals surface area (Å²) in [4.78, 5) is 0. The van der Waals surface area contributed by atoms with E-state index in [4.69, 9.17) is 0 Å². The molecule has 0 saturated carbocycles. The van der Waals surface area contributed by atoms with Crippen molar-refractivity contribution in [1.29, 1.82) is 0 Å². The predicted octanol–water partition coefficient (Wildman–Crippen LogP) is 0.924. The van der Waals surface area contributed by atoms with Gasteiger partial charge in [-0.25, -0.2) is 0 Å². The molecule has 6 nitrogen and oxygen atoms in total. The average Bonchev–Trinajstić information content (AvgIpc) is 3.09. The molecule has 10 heteroatoms. The minimum atomic E-state index is 0. The molecule has 3 aromatic rings.